The SMILES string of the molecule is O=S(=O)(NCC1CCC1)c1cc(CNC2CC2)oc1Br. The fourth-order valence-corrected chi connectivity index (χ4v) is 4.31. The maximum Gasteiger partial charge on any atom is 0.244 e. The van der Waals surface area contributed by atoms with E-state index in [-0.39, 0.29) is 9.56 Å². The Balaban J connectivity index is 1.63. The average molecular weight is 363 g/mol. The second kappa shape index (κ2) is 5.79. The summed E-state index contributed by atoms with van der Waals surface area (Å²) >= 11 is 3.20. The molecule has 1 heterocycles. The topological polar surface area (TPSA) is 71.3 Å². The molecule has 0 atom stereocenters. The van der Waals surface area contributed by atoms with Crippen LogP contribution in [0.25, 0.3) is 0 Å². The Hall–Kier alpha value is -0.370. The van der Waals surface area contributed by atoms with Gasteiger partial charge in [0.15, 0.2) is 4.67 Å². The molecule has 0 amide bonds. The molecule has 0 spiro atoms. The van der Waals surface area contributed by atoms with E-state index >= 15 is 0 Å². The second-order valence-electron chi connectivity index (χ2n) is 5.65. The van der Waals surface area contributed by atoms with E-state index in [0.29, 0.717) is 30.8 Å². The number of halogens is 1. The van der Waals surface area contributed by atoms with Crippen LogP contribution in [0.15, 0.2) is 20.0 Å². The minimum absolute atomic E-state index is 0.199. The zero-order chi connectivity index (χ0) is 14.2. The summed E-state index contributed by atoms with van der Waals surface area (Å²) in [6.45, 7) is 1.09. The molecule has 0 radical (unpaired) electrons. The lowest BCUT2D eigenvalue weighted by atomic mass is 9.86. The van der Waals surface area contributed by atoms with E-state index in [0.717, 1.165) is 12.8 Å². The van der Waals surface area contributed by atoms with Gasteiger partial charge in [0.1, 0.15) is 10.7 Å². The maximum absolute atomic E-state index is 12.2. The molecule has 7 heteroatoms. The molecule has 2 saturated carbocycles. The summed E-state index contributed by atoms with van der Waals surface area (Å²) in [5, 5.41) is 3.30. The summed E-state index contributed by atoms with van der Waals surface area (Å²) in [7, 11) is -3.48. The van der Waals surface area contributed by atoms with E-state index in [9.17, 15) is 8.42 Å². The molecule has 0 bridgehead atoms. The highest BCUT2D eigenvalue weighted by atomic mass is 79.9. The van der Waals surface area contributed by atoms with Crippen LogP contribution in [0.4, 0.5) is 0 Å². The standard InChI is InChI=1S/C13H19BrN2O3S/c14-13-12(6-11(19-13)8-15-10-4-5-10)20(17,18)16-7-9-2-1-3-9/h6,9-10,15-16H,1-5,7-8H2. The Kier molecular flexibility index (Phi) is 4.21. The van der Waals surface area contributed by atoms with Crippen molar-refractivity contribution < 1.29 is 12.8 Å². The highest BCUT2D eigenvalue weighted by Gasteiger charge is 2.26. The molecule has 2 fully saturated rings. The fraction of sp³-hybridized carbons (Fsp3) is 0.692. The molecule has 0 unspecified atom stereocenters. The molecule has 20 heavy (non-hydrogen) atoms. The van der Waals surface area contributed by atoms with Crippen LogP contribution >= 0.6 is 15.9 Å². The van der Waals surface area contributed by atoms with Crippen molar-refractivity contribution in [3.63, 3.8) is 0 Å². The van der Waals surface area contributed by atoms with E-state index in [1.807, 2.05) is 0 Å². The molecule has 5 nitrogen and oxygen atoms in total. The molecule has 2 aliphatic rings. The van der Waals surface area contributed by atoms with Gasteiger partial charge in [-0.2, -0.15) is 0 Å². The predicted octanol–water partition coefficient (Wildman–Crippen LogP) is 2.37. The summed E-state index contributed by atoms with van der Waals surface area (Å²) in [5.74, 6) is 1.14. The molecule has 3 rings (SSSR count). The Bertz CT molecular complexity index is 576. The monoisotopic (exact) mass is 362 g/mol. The zero-order valence-electron chi connectivity index (χ0n) is 11.2. The third-order valence-electron chi connectivity index (χ3n) is 3.93. The van der Waals surface area contributed by atoms with Gasteiger partial charge in [-0.25, -0.2) is 13.1 Å². The fourth-order valence-electron chi connectivity index (χ4n) is 2.20. The Morgan fingerprint density at radius 2 is 2.05 bits per heavy atom. The van der Waals surface area contributed by atoms with E-state index in [4.69, 9.17) is 4.42 Å². The van der Waals surface area contributed by atoms with Crippen molar-refractivity contribution in [2.75, 3.05) is 6.54 Å². The lowest BCUT2D eigenvalue weighted by molar-refractivity contribution is 0.316. The van der Waals surface area contributed by atoms with E-state index in [2.05, 4.69) is 26.0 Å². The minimum Gasteiger partial charge on any atom is -0.452 e. The van der Waals surface area contributed by atoms with Crippen molar-refractivity contribution in [2.24, 2.45) is 5.92 Å². The first-order chi connectivity index (χ1) is 9.54. The predicted molar refractivity (Wildman–Crippen MR) is 78.8 cm³/mol. The van der Waals surface area contributed by atoms with E-state index in [1.54, 1.807) is 6.07 Å². The maximum atomic E-state index is 12.2. The average Bonchev–Trinajstić information content (AvgIpc) is 3.07. The Labute approximate surface area is 127 Å². The van der Waals surface area contributed by atoms with Gasteiger partial charge in [0.25, 0.3) is 0 Å². The smallest absolute Gasteiger partial charge is 0.244 e. The number of furan rings is 1. The molecule has 0 saturated heterocycles. The first kappa shape index (κ1) is 14.6. The molecular formula is C13H19BrN2O3S. The quantitative estimate of drug-likeness (QED) is 0.780. The van der Waals surface area contributed by atoms with Gasteiger partial charge < -0.3 is 9.73 Å². The summed E-state index contributed by atoms with van der Waals surface area (Å²) in [6, 6.07) is 2.17. The van der Waals surface area contributed by atoms with Crippen molar-refractivity contribution in [1.82, 2.24) is 10.0 Å². The van der Waals surface area contributed by atoms with Crippen molar-refractivity contribution in [1.29, 1.82) is 0 Å². The number of rotatable bonds is 7. The summed E-state index contributed by atoms with van der Waals surface area (Å²) in [6.07, 6.45) is 5.82. The number of nitrogens with one attached hydrogen (secondary N) is 2. The molecule has 112 valence electrons. The normalized spacial score (nSPS) is 20.1. The van der Waals surface area contributed by atoms with Crippen LogP contribution in [-0.4, -0.2) is 21.0 Å². The molecule has 1 aromatic rings. The minimum atomic E-state index is -3.48. The molecule has 0 aromatic carbocycles. The largest absolute Gasteiger partial charge is 0.452 e. The highest BCUT2D eigenvalue weighted by Crippen LogP contribution is 2.29. The number of sulfonamides is 1. The van der Waals surface area contributed by atoms with E-state index in [1.165, 1.54) is 19.3 Å². The van der Waals surface area contributed by atoms with Gasteiger partial charge in [-0.1, -0.05) is 6.42 Å². The van der Waals surface area contributed by atoms with Crippen molar-refractivity contribution in [3.8, 4) is 0 Å². The van der Waals surface area contributed by atoms with E-state index < -0.39 is 10.0 Å². The Morgan fingerprint density at radius 3 is 2.65 bits per heavy atom. The molecule has 0 aliphatic heterocycles. The number of hydrogen-bond donors (Lipinski definition) is 2. The van der Waals surface area contributed by atoms with Gasteiger partial charge in [-0.3, -0.25) is 0 Å². The summed E-state index contributed by atoms with van der Waals surface area (Å²) < 4.78 is 32.9. The van der Waals surface area contributed by atoms with Gasteiger partial charge in [0, 0.05) is 18.7 Å². The van der Waals surface area contributed by atoms with Crippen molar-refractivity contribution in [3.05, 3.63) is 16.5 Å². The first-order valence-electron chi connectivity index (χ1n) is 7.06. The zero-order valence-corrected chi connectivity index (χ0v) is 13.6. The second-order valence-corrected chi connectivity index (χ2v) is 8.11. The lowest BCUT2D eigenvalue weighted by Crippen LogP contribution is -2.32. The van der Waals surface area contributed by atoms with Crippen LogP contribution in [0.2, 0.25) is 0 Å². The van der Waals surface area contributed by atoms with Crippen LogP contribution in [0.1, 0.15) is 37.9 Å². The van der Waals surface area contributed by atoms with Gasteiger partial charge in [-0.15, -0.1) is 0 Å². The van der Waals surface area contributed by atoms with Crippen LogP contribution in [0.5, 0.6) is 0 Å². The molecule has 1 aromatic heterocycles. The van der Waals surface area contributed by atoms with Gasteiger partial charge >= 0.3 is 0 Å². The van der Waals surface area contributed by atoms with Crippen LogP contribution in [0, 0.1) is 5.92 Å². The first-order valence-corrected chi connectivity index (χ1v) is 9.33. The molecule has 2 N–H and O–H groups in total. The molecule has 2 aliphatic carbocycles. The summed E-state index contributed by atoms with van der Waals surface area (Å²) in [4.78, 5) is 0.199. The van der Waals surface area contributed by atoms with Crippen molar-refractivity contribution >= 4 is 26.0 Å². The van der Waals surface area contributed by atoms with Gasteiger partial charge in [-0.05, 0) is 47.5 Å². The van der Waals surface area contributed by atoms with Crippen LogP contribution < -0.4 is 10.0 Å². The van der Waals surface area contributed by atoms with Gasteiger partial charge in [0.2, 0.25) is 10.0 Å². The Morgan fingerprint density at radius 1 is 1.30 bits per heavy atom. The van der Waals surface area contributed by atoms with Gasteiger partial charge in [0.05, 0.1) is 6.54 Å². The van der Waals surface area contributed by atoms with Crippen LogP contribution in [-0.2, 0) is 16.6 Å². The van der Waals surface area contributed by atoms with Crippen LogP contribution in [0.3, 0.4) is 0 Å². The third kappa shape index (κ3) is 3.44. The third-order valence-corrected chi connectivity index (χ3v) is 6.21. The molecular weight excluding hydrogens is 344 g/mol. The highest BCUT2D eigenvalue weighted by molar-refractivity contribution is 9.10. The summed E-state index contributed by atoms with van der Waals surface area (Å²) in [5.41, 5.74) is 0. The number of hydrogen-bond acceptors (Lipinski definition) is 4. The van der Waals surface area contributed by atoms with Crippen molar-refractivity contribution in [2.45, 2.75) is 49.6 Å². The lowest BCUT2D eigenvalue weighted by Gasteiger charge is -2.25.